The van der Waals surface area contributed by atoms with E-state index in [-0.39, 0.29) is 11.4 Å². The third kappa shape index (κ3) is 32.6. The lowest BCUT2D eigenvalue weighted by molar-refractivity contribution is 0.216. The predicted octanol–water partition coefficient (Wildman–Crippen LogP) is 4.15. The molecule has 13 heavy (non-hydrogen) atoms. The van der Waals surface area contributed by atoms with E-state index in [9.17, 15) is 0 Å². The molecule has 0 amide bonds. The first-order chi connectivity index (χ1) is 6.15. The van der Waals surface area contributed by atoms with E-state index < -0.39 is 0 Å². The Morgan fingerprint density at radius 1 is 0.923 bits per heavy atom. The second kappa shape index (κ2) is 15.0. The summed E-state index contributed by atoms with van der Waals surface area (Å²) in [7, 11) is 0. The molecule has 0 aromatic carbocycles. The highest BCUT2D eigenvalue weighted by Crippen LogP contribution is 2.15. The number of hydrogen-bond donors (Lipinski definition) is 1. The van der Waals surface area contributed by atoms with Gasteiger partial charge in [-0.15, -0.1) is 23.2 Å². The third-order valence-electron chi connectivity index (χ3n) is 1.50. The highest BCUT2D eigenvalue weighted by Gasteiger charge is 1.95. The molecule has 0 radical (unpaired) electrons. The molecule has 0 saturated heterocycles. The van der Waals surface area contributed by atoms with E-state index in [1.165, 1.54) is 38.5 Å². The molecule has 1 nitrogen and oxygen atoms in total. The van der Waals surface area contributed by atoms with Crippen LogP contribution in [-0.4, -0.2) is 16.5 Å². The van der Waals surface area contributed by atoms with E-state index >= 15 is 0 Å². The Balaban J connectivity index is 0. The molecule has 0 aromatic heterocycles. The van der Waals surface area contributed by atoms with Crippen molar-refractivity contribution < 1.29 is 5.11 Å². The van der Waals surface area contributed by atoms with Gasteiger partial charge in [-0.05, 0) is 13.8 Å². The fourth-order valence-electron chi connectivity index (χ4n) is 1.06. The van der Waals surface area contributed by atoms with Crippen LogP contribution in [-0.2, 0) is 0 Å². The van der Waals surface area contributed by atoms with Crippen molar-refractivity contribution in [1.29, 1.82) is 0 Å². The number of halogens is 2. The molecular formula is C10H22Cl2O. The predicted molar refractivity (Wildman–Crippen MR) is 61.6 cm³/mol. The molecule has 0 spiro atoms. The molecular weight excluding hydrogens is 207 g/mol. The molecule has 0 unspecified atom stereocenters. The minimum atomic E-state index is -0.167. The molecule has 1 rings (SSSR count). The number of alkyl halides is 2. The molecule has 3 heteroatoms. The fourth-order valence-corrected chi connectivity index (χ4v) is 1.06. The minimum Gasteiger partial charge on any atom is -0.394 e. The van der Waals surface area contributed by atoms with Crippen molar-refractivity contribution >= 4 is 23.2 Å². The number of rotatable bonds is 0. The molecule has 0 atom stereocenters. The van der Waals surface area contributed by atoms with Crippen LogP contribution >= 0.6 is 23.2 Å². The zero-order chi connectivity index (χ0) is 10.5. The van der Waals surface area contributed by atoms with Crippen molar-refractivity contribution in [2.45, 2.75) is 58.5 Å². The van der Waals surface area contributed by atoms with Gasteiger partial charge in [-0.3, -0.25) is 0 Å². The summed E-state index contributed by atoms with van der Waals surface area (Å²) in [6, 6.07) is 0. The van der Waals surface area contributed by atoms with Gasteiger partial charge < -0.3 is 5.11 Å². The van der Waals surface area contributed by atoms with Crippen LogP contribution < -0.4 is 0 Å². The smallest absolute Gasteiger partial charge is 0.0967 e. The molecule has 1 aliphatic carbocycles. The second-order valence-corrected chi connectivity index (χ2v) is 4.12. The molecule has 1 saturated carbocycles. The van der Waals surface area contributed by atoms with E-state index in [4.69, 9.17) is 28.3 Å². The topological polar surface area (TPSA) is 20.2 Å². The van der Waals surface area contributed by atoms with E-state index in [0.29, 0.717) is 0 Å². The second-order valence-electron chi connectivity index (χ2n) is 3.32. The van der Waals surface area contributed by atoms with Crippen LogP contribution in [0.3, 0.4) is 0 Å². The van der Waals surface area contributed by atoms with Gasteiger partial charge in [0.25, 0.3) is 0 Å². The summed E-state index contributed by atoms with van der Waals surface area (Å²) in [5.41, 5.74) is 0. The van der Waals surface area contributed by atoms with Gasteiger partial charge in [0.2, 0.25) is 0 Å². The van der Waals surface area contributed by atoms with Crippen LogP contribution in [0.25, 0.3) is 0 Å². The number of aliphatic hydroxyl groups is 1. The van der Waals surface area contributed by atoms with Crippen LogP contribution in [0.5, 0.6) is 0 Å². The van der Waals surface area contributed by atoms with Crippen LogP contribution in [0, 0.1) is 0 Å². The summed E-state index contributed by atoms with van der Waals surface area (Å²) in [5, 5.41) is 8.25. The molecule has 0 aromatic rings. The summed E-state index contributed by atoms with van der Waals surface area (Å²) < 4.78 is 0. The van der Waals surface area contributed by atoms with E-state index in [0.717, 1.165) is 0 Å². The van der Waals surface area contributed by atoms with Gasteiger partial charge in [0.05, 0.1) is 5.34 Å². The quantitative estimate of drug-likeness (QED) is 0.618. The van der Waals surface area contributed by atoms with Crippen molar-refractivity contribution in [3.05, 3.63) is 0 Å². The Kier molecular flexibility index (Phi) is 18.5. The largest absolute Gasteiger partial charge is 0.394 e. The van der Waals surface area contributed by atoms with Crippen molar-refractivity contribution in [1.82, 2.24) is 0 Å². The van der Waals surface area contributed by atoms with Gasteiger partial charge in [-0.1, -0.05) is 38.5 Å². The first-order valence-electron chi connectivity index (χ1n) is 4.95. The lowest BCUT2D eigenvalue weighted by atomic mass is 10.0. The van der Waals surface area contributed by atoms with Gasteiger partial charge in [0.1, 0.15) is 0 Å². The average Bonchev–Trinajstić information content (AvgIpc) is 2.08. The maximum atomic E-state index is 8.06. The Morgan fingerprint density at radius 2 is 1.00 bits per heavy atom. The maximum Gasteiger partial charge on any atom is 0.0967 e. The van der Waals surface area contributed by atoms with Crippen LogP contribution in [0.2, 0.25) is 0 Å². The maximum absolute atomic E-state index is 8.06. The van der Waals surface area contributed by atoms with Gasteiger partial charge in [-0.25, -0.2) is 0 Å². The third-order valence-corrected chi connectivity index (χ3v) is 1.50. The van der Waals surface area contributed by atoms with Crippen LogP contribution in [0.1, 0.15) is 52.4 Å². The summed E-state index contributed by atoms with van der Waals surface area (Å²) in [6.45, 7) is 3.44. The van der Waals surface area contributed by atoms with Gasteiger partial charge in [0, 0.05) is 6.10 Å². The molecule has 0 bridgehead atoms. The summed E-state index contributed by atoms with van der Waals surface area (Å²) in [6.07, 6.45) is 8.83. The first kappa shape index (κ1) is 16.0. The first-order valence-corrected chi connectivity index (χ1v) is 6.02. The monoisotopic (exact) mass is 228 g/mol. The van der Waals surface area contributed by atoms with E-state index in [1.54, 1.807) is 13.8 Å². The Morgan fingerprint density at radius 3 is 1.08 bits per heavy atom. The van der Waals surface area contributed by atoms with Gasteiger partial charge in [0.15, 0.2) is 0 Å². The molecule has 0 heterocycles. The Bertz CT molecular complexity index is 59.1. The van der Waals surface area contributed by atoms with Crippen molar-refractivity contribution in [2.75, 3.05) is 5.34 Å². The average molecular weight is 229 g/mol. The summed E-state index contributed by atoms with van der Waals surface area (Å²) in [5.74, 6) is 0. The van der Waals surface area contributed by atoms with E-state index in [1.807, 2.05) is 0 Å². The number of hydrogen-bond acceptors (Lipinski definition) is 1. The lowest BCUT2D eigenvalue weighted by Crippen LogP contribution is -1.85. The van der Waals surface area contributed by atoms with Crippen molar-refractivity contribution in [3.8, 4) is 0 Å². The highest BCUT2D eigenvalue weighted by molar-refractivity contribution is 6.40. The van der Waals surface area contributed by atoms with Gasteiger partial charge in [-0.2, -0.15) is 0 Å². The zero-order valence-electron chi connectivity index (χ0n) is 8.73. The minimum absolute atomic E-state index is 0.167. The molecule has 82 valence electrons. The molecule has 1 N–H and O–H groups in total. The van der Waals surface area contributed by atoms with Gasteiger partial charge >= 0.3 is 0 Å². The van der Waals surface area contributed by atoms with Crippen LogP contribution in [0.15, 0.2) is 0 Å². The van der Waals surface area contributed by atoms with Crippen molar-refractivity contribution in [2.24, 2.45) is 0 Å². The standard InChI is InChI=1S/C6H12.C3H8O.CH2Cl2/c1-2-4-6-5-3-1;1-3(2)4;2-1-3/h1-6H2;3-4H,1-2H3;1H2. The lowest BCUT2D eigenvalue weighted by Gasteiger charge is -2.05. The highest BCUT2D eigenvalue weighted by atomic mass is 35.5. The summed E-state index contributed by atoms with van der Waals surface area (Å²) in [4.78, 5) is 0. The SMILES string of the molecule is C1CCCCC1.CC(C)O.ClCCl. The van der Waals surface area contributed by atoms with Crippen molar-refractivity contribution in [3.63, 3.8) is 0 Å². The molecule has 1 fully saturated rings. The zero-order valence-corrected chi connectivity index (χ0v) is 10.2. The molecule has 0 aliphatic heterocycles. The number of aliphatic hydroxyl groups excluding tert-OH is 1. The fraction of sp³-hybridized carbons (Fsp3) is 1.00. The van der Waals surface area contributed by atoms with Crippen LogP contribution in [0.4, 0.5) is 0 Å². The normalized spacial score (nSPS) is 15.2. The Hall–Kier alpha value is 0.540. The summed E-state index contributed by atoms with van der Waals surface area (Å²) >= 11 is 9.53. The Labute approximate surface area is 92.4 Å². The van der Waals surface area contributed by atoms with E-state index in [2.05, 4.69) is 0 Å². The molecule has 1 aliphatic rings.